The molecule has 0 spiro atoms. The normalized spacial score (nSPS) is 42.0. The molecule has 0 saturated carbocycles. The molecule has 0 bridgehead atoms. The molecule has 1 rings (SSSR count). The van der Waals surface area contributed by atoms with E-state index in [0.717, 1.165) is 13.0 Å². The summed E-state index contributed by atoms with van der Waals surface area (Å²) in [4.78, 5) is -0.333. The van der Waals surface area contributed by atoms with E-state index in [1.807, 2.05) is 0 Å². The lowest BCUT2D eigenvalue weighted by atomic mass is 10.3. The van der Waals surface area contributed by atoms with Crippen LogP contribution in [-0.2, 0) is 4.74 Å². The van der Waals surface area contributed by atoms with Gasteiger partial charge >= 0.3 is 0 Å². The fourth-order valence-corrected chi connectivity index (χ4v) is 0.753. The fraction of sp³-hybridized carbons (Fsp3) is 1.00. The van der Waals surface area contributed by atoms with Crippen molar-refractivity contribution < 1.29 is 4.74 Å². The number of ether oxygens (including phenoxy) is 1. The molecule has 1 aliphatic heterocycles. The number of hydrogen-bond acceptors (Lipinski definition) is 3. The summed E-state index contributed by atoms with van der Waals surface area (Å²) >= 11 is 4.10. The van der Waals surface area contributed by atoms with E-state index in [1.54, 1.807) is 0 Å². The summed E-state index contributed by atoms with van der Waals surface area (Å²) in [5, 5.41) is 0. The van der Waals surface area contributed by atoms with Crippen LogP contribution < -0.4 is 5.73 Å². The molecule has 42 valence electrons. The molecule has 7 heavy (non-hydrogen) atoms. The number of rotatable bonds is 0. The van der Waals surface area contributed by atoms with Gasteiger partial charge < -0.3 is 10.5 Å². The van der Waals surface area contributed by atoms with Crippen molar-refractivity contribution in [1.29, 1.82) is 0 Å². The number of hydrogen-bond donors (Lipinski definition) is 2. The van der Waals surface area contributed by atoms with Gasteiger partial charge in [0.15, 0.2) is 0 Å². The van der Waals surface area contributed by atoms with Crippen molar-refractivity contribution >= 4 is 12.6 Å². The Hall–Kier alpha value is 0.270. The highest BCUT2D eigenvalue weighted by Crippen LogP contribution is 2.17. The average molecular weight is 119 g/mol. The summed E-state index contributed by atoms with van der Waals surface area (Å²) in [5.41, 5.74) is 5.52. The highest BCUT2D eigenvalue weighted by molar-refractivity contribution is 7.81. The molecule has 1 atom stereocenters. The summed E-state index contributed by atoms with van der Waals surface area (Å²) in [6.07, 6.45) is 0.871. The Morgan fingerprint density at radius 3 is 2.57 bits per heavy atom. The SMILES string of the molecule is NC1(S)CCOC1. The van der Waals surface area contributed by atoms with Gasteiger partial charge in [0.25, 0.3) is 0 Å². The molecule has 0 radical (unpaired) electrons. The van der Waals surface area contributed by atoms with E-state index in [-0.39, 0.29) is 4.87 Å². The Bertz CT molecular complexity index is 66.1. The smallest absolute Gasteiger partial charge is 0.0849 e. The predicted octanol–water partition coefficient (Wildman–Crippen LogP) is -0.00850. The van der Waals surface area contributed by atoms with Crippen molar-refractivity contribution in [2.75, 3.05) is 13.2 Å². The van der Waals surface area contributed by atoms with Gasteiger partial charge in [0, 0.05) is 13.0 Å². The molecule has 1 saturated heterocycles. The quantitative estimate of drug-likeness (QED) is 0.347. The van der Waals surface area contributed by atoms with Crippen molar-refractivity contribution in [2.45, 2.75) is 11.3 Å². The summed E-state index contributed by atoms with van der Waals surface area (Å²) in [7, 11) is 0. The molecule has 0 aromatic heterocycles. The zero-order valence-electron chi connectivity index (χ0n) is 4.05. The molecule has 1 heterocycles. The van der Waals surface area contributed by atoms with Gasteiger partial charge in [-0.3, -0.25) is 0 Å². The van der Waals surface area contributed by atoms with Crippen molar-refractivity contribution in [3.8, 4) is 0 Å². The van der Waals surface area contributed by atoms with Gasteiger partial charge in [0.05, 0.1) is 11.5 Å². The molecule has 0 amide bonds. The Kier molecular flexibility index (Phi) is 1.28. The van der Waals surface area contributed by atoms with E-state index < -0.39 is 0 Å². The molecule has 1 fully saturated rings. The van der Waals surface area contributed by atoms with Gasteiger partial charge in [-0.1, -0.05) is 0 Å². The first kappa shape index (κ1) is 5.41. The zero-order valence-corrected chi connectivity index (χ0v) is 4.95. The maximum Gasteiger partial charge on any atom is 0.0849 e. The van der Waals surface area contributed by atoms with Crippen LogP contribution >= 0.6 is 12.6 Å². The molecular formula is C4H9NOS. The zero-order chi connectivity index (χ0) is 5.33. The molecule has 3 heteroatoms. The highest BCUT2D eigenvalue weighted by atomic mass is 32.1. The third-order valence-corrected chi connectivity index (χ3v) is 1.38. The summed E-state index contributed by atoms with van der Waals surface area (Å²) in [6.45, 7) is 1.36. The van der Waals surface area contributed by atoms with Gasteiger partial charge in [-0.25, -0.2) is 0 Å². The number of nitrogens with two attached hydrogens (primary N) is 1. The monoisotopic (exact) mass is 119 g/mol. The maximum absolute atomic E-state index is 5.52. The van der Waals surface area contributed by atoms with Crippen LogP contribution in [0.5, 0.6) is 0 Å². The van der Waals surface area contributed by atoms with E-state index in [9.17, 15) is 0 Å². The minimum Gasteiger partial charge on any atom is -0.379 e. The van der Waals surface area contributed by atoms with Crippen molar-refractivity contribution in [1.82, 2.24) is 0 Å². The highest BCUT2D eigenvalue weighted by Gasteiger charge is 2.24. The molecular weight excluding hydrogens is 110 g/mol. The second kappa shape index (κ2) is 1.65. The Morgan fingerprint density at radius 2 is 2.43 bits per heavy atom. The second-order valence-corrected chi connectivity index (χ2v) is 2.80. The third-order valence-electron chi connectivity index (χ3n) is 1.03. The molecule has 0 aliphatic carbocycles. The first-order valence-electron chi connectivity index (χ1n) is 2.30. The molecule has 2 N–H and O–H groups in total. The average Bonchev–Trinajstić information content (AvgIpc) is 1.84. The van der Waals surface area contributed by atoms with E-state index in [0.29, 0.717) is 6.61 Å². The third kappa shape index (κ3) is 1.33. The molecule has 0 aromatic carbocycles. The lowest BCUT2D eigenvalue weighted by Gasteiger charge is -2.10. The van der Waals surface area contributed by atoms with Gasteiger partial charge in [-0.2, -0.15) is 12.6 Å². The van der Waals surface area contributed by atoms with E-state index in [2.05, 4.69) is 12.6 Å². The van der Waals surface area contributed by atoms with E-state index >= 15 is 0 Å². The summed E-state index contributed by atoms with van der Waals surface area (Å²) < 4.78 is 4.96. The fourth-order valence-electron chi connectivity index (χ4n) is 0.570. The van der Waals surface area contributed by atoms with Crippen LogP contribution in [-0.4, -0.2) is 18.1 Å². The van der Waals surface area contributed by atoms with Crippen molar-refractivity contribution in [3.05, 3.63) is 0 Å². The molecule has 1 aliphatic rings. The standard InChI is InChI=1S/C4H9NOS/c5-4(7)1-2-6-3-4/h7H,1-3,5H2. The van der Waals surface area contributed by atoms with E-state index in [1.165, 1.54) is 0 Å². The lowest BCUT2D eigenvalue weighted by molar-refractivity contribution is 0.191. The van der Waals surface area contributed by atoms with E-state index in [4.69, 9.17) is 10.5 Å². The molecule has 1 unspecified atom stereocenters. The Balaban J connectivity index is 2.40. The van der Waals surface area contributed by atoms with Crippen LogP contribution in [0.4, 0.5) is 0 Å². The van der Waals surface area contributed by atoms with Gasteiger partial charge in [0.2, 0.25) is 0 Å². The van der Waals surface area contributed by atoms with Gasteiger partial charge in [0.1, 0.15) is 0 Å². The van der Waals surface area contributed by atoms with Crippen molar-refractivity contribution in [3.63, 3.8) is 0 Å². The lowest BCUT2D eigenvalue weighted by Crippen LogP contribution is -2.32. The second-order valence-electron chi connectivity index (χ2n) is 1.91. The van der Waals surface area contributed by atoms with Crippen LogP contribution in [0.1, 0.15) is 6.42 Å². The number of thiol groups is 1. The first-order chi connectivity index (χ1) is 3.21. The van der Waals surface area contributed by atoms with Crippen LogP contribution in [0.25, 0.3) is 0 Å². The van der Waals surface area contributed by atoms with Gasteiger partial charge in [-0.15, -0.1) is 0 Å². The Labute approximate surface area is 48.4 Å². The minimum absolute atomic E-state index is 0.333. The maximum atomic E-state index is 5.52. The van der Waals surface area contributed by atoms with Gasteiger partial charge in [-0.05, 0) is 0 Å². The topological polar surface area (TPSA) is 35.2 Å². The van der Waals surface area contributed by atoms with Crippen LogP contribution in [0, 0.1) is 0 Å². The van der Waals surface area contributed by atoms with Crippen molar-refractivity contribution in [2.24, 2.45) is 5.73 Å². The Morgan fingerprint density at radius 1 is 1.71 bits per heavy atom. The summed E-state index contributed by atoms with van der Waals surface area (Å²) in [5.74, 6) is 0. The van der Waals surface area contributed by atoms with Crippen LogP contribution in [0.2, 0.25) is 0 Å². The first-order valence-corrected chi connectivity index (χ1v) is 2.74. The minimum atomic E-state index is -0.333. The molecule has 0 aromatic rings. The molecule has 2 nitrogen and oxygen atoms in total. The van der Waals surface area contributed by atoms with Crippen LogP contribution in [0.15, 0.2) is 0 Å². The predicted molar refractivity (Wildman–Crippen MR) is 31.3 cm³/mol. The van der Waals surface area contributed by atoms with Crippen LogP contribution in [0.3, 0.4) is 0 Å². The summed E-state index contributed by atoms with van der Waals surface area (Å²) in [6, 6.07) is 0. The largest absolute Gasteiger partial charge is 0.379 e.